The first-order chi connectivity index (χ1) is 14.4. The number of carbonyl (C=O) groups is 1. The maximum Gasteiger partial charge on any atom is 0.264 e. The van der Waals surface area contributed by atoms with E-state index in [0.717, 1.165) is 39.6 Å². The Hall–Kier alpha value is -2.38. The molecule has 0 saturated heterocycles. The van der Waals surface area contributed by atoms with E-state index < -0.39 is 21.8 Å². The lowest BCUT2D eigenvalue weighted by Crippen LogP contribution is -2.36. The van der Waals surface area contributed by atoms with Gasteiger partial charge < -0.3 is 4.74 Å². The molecule has 3 aromatic rings. The van der Waals surface area contributed by atoms with Crippen LogP contribution in [0.25, 0.3) is 10.8 Å². The Morgan fingerprint density at radius 2 is 1.90 bits per heavy atom. The van der Waals surface area contributed by atoms with Gasteiger partial charge in [-0.05, 0) is 60.9 Å². The summed E-state index contributed by atoms with van der Waals surface area (Å²) in [5, 5.41) is 1.39. The summed E-state index contributed by atoms with van der Waals surface area (Å²) in [5.41, 5.74) is 1.79. The third-order valence-corrected chi connectivity index (χ3v) is 7.52. The second kappa shape index (κ2) is 8.40. The van der Waals surface area contributed by atoms with Crippen LogP contribution < -0.4 is 9.46 Å². The summed E-state index contributed by atoms with van der Waals surface area (Å²) in [6.45, 7) is 2.44. The number of halogens is 1. The normalized spacial score (nSPS) is 16.1. The summed E-state index contributed by atoms with van der Waals surface area (Å²) in [6.07, 6.45) is 2.16. The molecular weight excluding hydrogens is 466 g/mol. The average molecular weight is 488 g/mol. The third-order valence-electron chi connectivity index (χ3n) is 5.42. The molecule has 1 unspecified atom stereocenters. The van der Waals surface area contributed by atoms with Crippen molar-refractivity contribution < 1.29 is 17.9 Å². The molecular formula is C23H22BrNO4S. The fraction of sp³-hybridized carbons (Fsp3) is 0.261. The van der Waals surface area contributed by atoms with Gasteiger partial charge in [-0.15, -0.1) is 0 Å². The molecule has 1 aliphatic carbocycles. The Balaban J connectivity index is 1.69. The molecule has 1 atom stereocenters. The van der Waals surface area contributed by atoms with E-state index in [1.54, 1.807) is 18.2 Å². The molecule has 5 nitrogen and oxygen atoms in total. The fourth-order valence-electron chi connectivity index (χ4n) is 4.12. The zero-order valence-corrected chi connectivity index (χ0v) is 18.9. The third kappa shape index (κ3) is 3.84. The molecule has 0 heterocycles. The van der Waals surface area contributed by atoms with Crippen molar-refractivity contribution in [1.82, 2.24) is 4.72 Å². The molecule has 1 N–H and O–H groups in total. The molecule has 1 aliphatic rings. The van der Waals surface area contributed by atoms with Gasteiger partial charge in [-0.2, -0.15) is 0 Å². The molecule has 0 radical (unpaired) electrons. The highest BCUT2D eigenvalue weighted by atomic mass is 79.9. The smallest absolute Gasteiger partial charge is 0.264 e. The zero-order valence-electron chi connectivity index (χ0n) is 16.5. The van der Waals surface area contributed by atoms with Crippen molar-refractivity contribution in [3.05, 3.63) is 70.2 Å². The molecule has 0 bridgehead atoms. The molecule has 1 amide bonds. The van der Waals surface area contributed by atoms with Crippen molar-refractivity contribution in [2.75, 3.05) is 6.61 Å². The van der Waals surface area contributed by atoms with Crippen LogP contribution in [0.3, 0.4) is 0 Å². The van der Waals surface area contributed by atoms with E-state index in [-0.39, 0.29) is 4.90 Å². The van der Waals surface area contributed by atoms with E-state index in [1.807, 2.05) is 37.3 Å². The molecule has 0 fully saturated rings. The van der Waals surface area contributed by atoms with Crippen LogP contribution in [0.5, 0.6) is 5.75 Å². The molecule has 4 rings (SSSR count). The van der Waals surface area contributed by atoms with Crippen molar-refractivity contribution in [2.45, 2.75) is 37.0 Å². The monoisotopic (exact) mass is 487 g/mol. The highest BCUT2D eigenvalue weighted by molar-refractivity contribution is 9.10. The molecule has 156 valence electrons. The van der Waals surface area contributed by atoms with Gasteiger partial charge in [0.25, 0.3) is 10.0 Å². The Bertz CT molecular complexity index is 1220. The molecule has 3 aromatic carbocycles. The van der Waals surface area contributed by atoms with E-state index in [1.165, 1.54) is 6.07 Å². The Labute approximate surface area is 184 Å². The second-order valence-corrected chi connectivity index (χ2v) is 9.77. The molecule has 30 heavy (non-hydrogen) atoms. The standard InChI is InChI=1S/C23H22BrNO4S/c1-2-29-20-14-13-19(24)22-17(20)10-6-11-18(22)23(26)25-30(27,28)21-12-5-8-15-7-3-4-9-16(15)21/h3-5,7-9,12-14,18H,2,6,10-11H2,1H3,(H,25,26). The quantitative estimate of drug-likeness (QED) is 0.553. The van der Waals surface area contributed by atoms with Gasteiger partial charge in [0.2, 0.25) is 5.91 Å². The summed E-state index contributed by atoms with van der Waals surface area (Å²) in [7, 11) is -4.02. The molecule has 0 spiro atoms. The Morgan fingerprint density at radius 3 is 2.70 bits per heavy atom. The molecule has 0 aromatic heterocycles. The number of fused-ring (bicyclic) bond motifs is 2. The number of hydrogen-bond acceptors (Lipinski definition) is 4. The number of nitrogens with one attached hydrogen (secondary N) is 1. The molecule has 0 saturated carbocycles. The maximum atomic E-state index is 13.2. The van der Waals surface area contributed by atoms with E-state index in [9.17, 15) is 13.2 Å². The second-order valence-electron chi connectivity index (χ2n) is 7.26. The predicted octanol–water partition coefficient (Wildman–Crippen LogP) is 4.93. The van der Waals surface area contributed by atoms with Crippen LogP contribution in [0.4, 0.5) is 0 Å². The van der Waals surface area contributed by atoms with Crippen LogP contribution >= 0.6 is 15.9 Å². The Morgan fingerprint density at radius 1 is 1.13 bits per heavy atom. The van der Waals surface area contributed by atoms with Gasteiger partial charge in [-0.3, -0.25) is 4.79 Å². The van der Waals surface area contributed by atoms with Crippen molar-refractivity contribution in [3.8, 4) is 5.75 Å². The number of ether oxygens (including phenoxy) is 1. The first kappa shape index (κ1) is 20.9. The van der Waals surface area contributed by atoms with Crippen molar-refractivity contribution in [3.63, 3.8) is 0 Å². The number of hydrogen-bond donors (Lipinski definition) is 1. The SMILES string of the molecule is CCOc1ccc(Br)c2c1CCCC2C(=O)NS(=O)(=O)c1cccc2ccccc12. The lowest BCUT2D eigenvalue weighted by atomic mass is 9.82. The van der Waals surface area contributed by atoms with Crippen molar-refractivity contribution >= 4 is 42.6 Å². The van der Waals surface area contributed by atoms with Crippen LogP contribution in [0.15, 0.2) is 64.0 Å². The van der Waals surface area contributed by atoms with Crippen LogP contribution in [0, 0.1) is 0 Å². The minimum absolute atomic E-state index is 0.104. The highest BCUT2D eigenvalue weighted by Gasteiger charge is 2.33. The van der Waals surface area contributed by atoms with Crippen molar-refractivity contribution in [1.29, 1.82) is 0 Å². The topological polar surface area (TPSA) is 72.5 Å². The van der Waals surface area contributed by atoms with Gasteiger partial charge in [0.05, 0.1) is 17.4 Å². The summed E-state index contributed by atoms with van der Waals surface area (Å²) < 4.78 is 35.0. The van der Waals surface area contributed by atoms with Gasteiger partial charge in [0, 0.05) is 9.86 Å². The minimum atomic E-state index is -4.02. The van der Waals surface area contributed by atoms with E-state index in [0.29, 0.717) is 18.4 Å². The van der Waals surface area contributed by atoms with Gasteiger partial charge in [-0.25, -0.2) is 13.1 Å². The number of sulfonamides is 1. The average Bonchev–Trinajstić information content (AvgIpc) is 2.74. The van der Waals surface area contributed by atoms with Crippen LogP contribution in [0.1, 0.15) is 36.8 Å². The lowest BCUT2D eigenvalue weighted by molar-refractivity contribution is -0.121. The number of carbonyl (C=O) groups excluding carboxylic acids is 1. The van der Waals surface area contributed by atoms with E-state index in [4.69, 9.17) is 4.74 Å². The summed E-state index contributed by atoms with van der Waals surface area (Å²) >= 11 is 3.55. The molecule has 7 heteroatoms. The zero-order chi connectivity index (χ0) is 21.3. The van der Waals surface area contributed by atoms with Gasteiger partial charge in [0.1, 0.15) is 5.75 Å². The number of rotatable bonds is 5. The van der Waals surface area contributed by atoms with Gasteiger partial charge in [-0.1, -0.05) is 52.3 Å². The number of amides is 1. The van der Waals surface area contributed by atoms with Crippen molar-refractivity contribution in [2.24, 2.45) is 0 Å². The van der Waals surface area contributed by atoms with Gasteiger partial charge in [0.15, 0.2) is 0 Å². The highest BCUT2D eigenvalue weighted by Crippen LogP contribution is 2.41. The van der Waals surface area contributed by atoms with E-state index in [2.05, 4.69) is 20.7 Å². The van der Waals surface area contributed by atoms with Crippen LogP contribution in [-0.4, -0.2) is 20.9 Å². The van der Waals surface area contributed by atoms with Gasteiger partial charge >= 0.3 is 0 Å². The van der Waals surface area contributed by atoms with E-state index >= 15 is 0 Å². The molecule has 0 aliphatic heterocycles. The summed E-state index contributed by atoms with van der Waals surface area (Å²) in [6, 6.07) is 16.0. The first-order valence-corrected chi connectivity index (χ1v) is 12.2. The van der Waals surface area contributed by atoms with Crippen LogP contribution in [-0.2, 0) is 21.2 Å². The Kier molecular flexibility index (Phi) is 5.84. The maximum absolute atomic E-state index is 13.2. The lowest BCUT2D eigenvalue weighted by Gasteiger charge is -2.27. The first-order valence-electron chi connectivity index (χ1n) is 9.91. The minimum Gasteiger partial charge on any atom is -0.494 e. The fourth-order valence-corrected chi connectivity index (χ4v) is 6.02. The summed E-state index contributed by atoms with van der Waals surface area (Å²) in [5.74, 6) is -0.323. The summed E-state index contributed by atoms with van der Waals surface area (Å²) in [4.78, 5) is 13.3. The van der Waals surface area contributed by atoms with Crippen LogP contribution in [0.2, 0.25) is 0 Å². The largest absolute Gasteiger partial charge is 0.494 e. The number of benzene rings is 3. The predicted molar refractivity (Wildman–Crippen MR) is 120 cm³/mol.